The minimum atomic E-state index is 0.396. The molecule has 1 N–H and O–H groups in total. The van der Waals surface area contributed by atoms with Gasteiger partial charge in [-0.25, -0.2) is 0 Å². The summed E-state index contributed by atoms with van der Waals surface area (Å²) in [5.41, 5.74) is 4.11. The van der Waals surface area contributed by atoms with E-state index in [9.17, 15) is 0 Å². The van der Waals surface area contributed by atoms with Gasteiger partial charge in [0.25, 0.3) is 0 Å². The molecule has 20 heavy (non-hydrogen) atoms. The first-order chi connectivity index (χ1) is 9.63. The maximum Gasteiger partial charge on any atom is 0.106 e. The van der Waals surface area contributed by atoms with Gasteiger partial charge in [-0.2, -0.15) is 11.3 Å². The van der Waals surface area contributed by atoms with E-state index in [0.29, 0.717) is 6.04 Å². The largest absolute Gasteiger partial charge is 0.466 e. The second-order valence-electron chi connectivity index (χ2n) is 5.43. The number of aryl methyl sites for hydroxylation is 3. The first-order valence-electron chi connectivity index (χ1n) is 7.44. The van der Waals surface area contributed by atoms with Crippen molar-refractivity contribution >= 4 is 11.3 Å². The SMILES string of the molecule is CCCNC(CCc1ccsc1)c1c(C)oc(C)c1C. The Morgan fingerprint density at radius 2 is 2.05 bits per heavy atom. The second kappa shape index (κ2) is 7.09. The van der Waals surface area contributed by atoms with E-state index in [1.165, 1.54) is 16.7 Å². The van der Waals surface area contributed by atoms with E-state index < -0.39 is 0 Å². The Hall–Kier alpha value is -1.06. The minimum Gasteiger partial charge on any atom is -0.466 e. The molecule has 0 aliphatic heterocycles. The summed E-state index contributed by atoms with van der Waals surface area (Å²) >= 11 is 1.78. The molecule has 0 radical (unpaired) electrons. The molecule has 0 aliphatic rings. The number of hydrogen-bond donors (Lipinski definition) is 1. The van der Waals surface area contributed by atoms with Crippen molar-refractivity contribution in [1.82, 2.24) is 5.32 Å². The monoisotopic (exact) mass is 291 g/mol. The van der Waals surface area contributed by atoms with Gasteiger partial charge in [-0.3, -0.25) is 0 Å². The molecule has 0 fully saturated rings. The van der Waals surface area contributed by atoms with E-state index in [1.54, 1.807) is 11.3 Å². The molecule has 0 amide bonds. The lowest BCUT2D eigenvalue weighted by Crippen LogP contribution is -2.23. The van der Waals surface area contributed by atoms with Crippen molar-refractivity contribution in [1.29, 1.82) is 0 Å². The molecule has 2 nitrogen and oxygen atoms in total. The van der Waals surface area contributed by atoms with E-state index >= 15 is 0 Å². The van der Waals surface area contributed by atoms with Crippen molar-refractivity contribution in [2.75, 3.05) is 6.54 Å². The van der Waals surface area contributed by atoms with Gasteiger partial charge in [0.1, 0.15) is 11.5 Å². The number of rotatable bonds is 7. The molecule has 0 spiro atoms. The maximum atomic E-state index is 5.81. The molecule has 1 atom stereocenters. The van der Waals surface area contributed by atoms with Crippen LogP contribution in [0.5, 0.6) is 0 Å². The van der Waals surface area contributed by atoms with Crippen LogP contribution >= 0.6 is 11.3 Å². The third kappa shape index (κ3) is 3.53. The molecule has 110 valence electrons. The van der Waals surface area contributed by atoms with Crippen LogP contribution in [0.4, 0.5) is 0 Å². The molecule has 0 bridgehead atoms. The standard InChI is InChI=1S/C17H25NOS/c1-5-9-18-16(7-6-15-8-10-20-11-15)17-12(2)13(3)19-14(17)4/h8,10-11,16,18H,5-7,9H2,1-4H3. The molecular formula is C17H25NOS. The van der Waals surface area contributed by atoms with Gasteiger partial charge in [-0.05, 0) is 74.5 Å². The Kier molecular flexibility index (Phi) is 5.44. The van der Waals surface area contributed by atoms with Crippen LogP contribution in [0.15, 0.2) is 21.2 Å². The van der Waals surface area contributed by atoms with E-state index in [1.807, 2.05) is 0 Å². The molecule has 0 aromatic carbocycles. The fraction of sp³-hybridized carbons (Fsp3) is 0.529. The Morgan fingerprint density at radius 1 is 1.25 bits per heavy atom. The number of hydrogen-bond acceptors (Lipinski definition) is 3. The van der Waals surface area contributed by atoms with Crippen molar-refractivity contribution in [2.24, 2.45) is 0 Å². The summed E-state index contributed by atoms with van der Waals surface area (Å²) in [5.74, 6) is 2.12. The van der Waals surface area contributed by atoms with Gasteiger partial charge in [0.05, 0.1) is 0 Å². The summed E-state index contributed by atoms with van der Waals surface area (Å²) in [6, 6.07) is 2.62. The lowest BCUT2D eigenvalue weighted by atomic mass is 9.96. The molecule has 0 saturated heterocycles. The number of nitrogens with one attached hydrogen (secondary N) is 1. The molecular weight excluding hydrogens is 266 g/mol. The third-order valence-electron chi connectivity index (χ3n) is 3.91. The highest BCUT2D eigenvalue weighted by Crippen LogP contribution is 2.30. The smallest absolute Gasteiger partial charge is 0.106 e. The zero-order valence-corrected chi connectivity index (χ0v) is 13.8. The van der Waals surface area contributed by atoms with Gasteiger partial charge < -0.3 is 9.73 Å². The Bertz CT molecular complexity index is 527. The average molecular weight is 291 g/mol. The van der Waals surface area contributed by atoms with Gasteiger partial charge in [0, 0.05) is 11.6 Å². The fourth-order valence-electron chi connectivity index (χ4n) is 2.73. The van der Waals surface area contributed by atoms with Crippen molar-refractivity contribution in [3.8, 4) is 0 Å². The second-order valence-corrected chi connectivity index (χ2v) is 6.21. The first kappa shape index (κ1) is 15.3. The van der Waals surface area contributed by atoms with Gasteiger partial charge in [0.15, 0.2) is 0 Å². The Labute approximate surface area is 126 Å². The van der Waals surface area contributed by atoms with Crippen molar-refractivity contribution < 1.29 is 4.42 Å². The van der Waals surface area contributed by atoms with Gasteiger partial charge in [0.2, 0.25) is 0 Å². The number of furan rings is 1. The molecule has 2 heterocycles. The zero-order chi connectivity index (χ0) is 14.5. The number of thiophene rings is 1. The van der Waals surface area contributed by atoms with Gasteiger partial charge >= 0.3 is 0 Å². The predicted molar refractivity (Wildman–Crippen MR) is 86.6 cm³/mol. The van der Waals surface area contributed by atoms with Gasteiger partial charge in [-0.1, -0.05) is 6.92 Å². The van der Waals surface area contributed by atoms with E-state index in [0.717, 1.165) is 37.3 Å². The highest BCUT2D eigenvalue weighted by atomic mass is 32.1. The molecule has 2 rings (SSSR count). The summed E-state index contributed by atoms with van der Waals surface area (Å²) in [6.45, 7) is 9.58. The van der Waals surface area contributed by atoms with Crippen molar-refractivity contribution in [2.45, 2.75) is 53.0 Å². The highest BCUT2D eigenvalue weighted by Gasteiger charge is 2.20. The predicted octanol–water partition coefficient (Wildman–Crippen LogP) is 4.94. The summed E-state index contributed by atoms with van der Waals surface area (Å²) in [5, 5.41) is 8.09. The molecule has 1 unspecified atom stereocenters. The van der Waals surface area contributed by atoms with Crippen LogP contribution in [0.1, 0.15) is 54.0 Å². The normalized spacial score (nSPS) is 12.8. The Morgan fingerprint density at radius 3 is 2.60 bits per heavy atom. The summed E-state index contributed by atoms with van der Waals surface area (Å²) in [6.07, 6.45) is 3.40. The topological polar surface area (TPSA) is 25.2 Å². The van der Waals surface area contributed by atoms with Crippen LogP contribution in [-0.2, 0) is 6.42 Å². The third-order valence-corrected chi connectivity index (χ3v) is 4.64. The van der Waals surface area contributed by atoms with Crippen LogP contribution in [0.25, 0.3) is 0 Å². The lowest BCUT2D eigenvalue weighted by Gasteiger charge is -2.19. The molecule has 0 saturated carbocycles. The van der Waals surface area contributed by atoms with Crippen LogP contribution in [0.3, 0.4) is 0 Å². The Balaban J connectivity index is 2.13. The fourth-order valence-corrected chi connectivity index (χ4v) is 3.44. The average Bonchev–Trinajstić information content (AvgIpc) is 3.01. The molecule has 2 aromatic heterocycles. The van der Waals surface area contributed by atoms with E-state index in [-0.39, 0.29) is 0 Å². The van der Waals surface area contributed by atoms with Crippen molar-refractivity contribution in [3.63, 3.8) is 0 Å². The minimum absolute atomic E-state index is 0.396. The summed E-state index contributed by atoms with van der Waals surface area (Å²) < 4.78 is 5.81. The van der Waals surface area contributed by atoms with Crippen LogP contribution in [0, 0.1) is 20.8 Å². The van der Waals surface area contributed by atoms with Crippen LogP contribution in [0.2, 0.25) is 0 Å². The highest BCUT2D eigenvalue weighted by molar-refractivity contribution is 7.07. The van der Waals surface area contributed by atoms with Crippen molar-refractivity contribution in [3.05, 3.63) is 45.0 Å². The van der Waals surface area contributed by atoms with E-state index in [4.69, 9.17) is 4.42 Å². The molecule has 3 heteroatoms. The molecule has 0 aliphatic carbocycles. The molecule has 2 aromatic rings. The summed E-state index contributed by atoms with van der Waals surface area (Å²) in [4.78, 5) is 0. The lowest BCUT2D eigenvalue weighted by molar-refractivity contribution is 0.468. The maximum absolute atomic E-state index is 5.81. The van der Waals surface area contributed by atoms with Crippen LogP contribution < -0.4 is 5.32 Å². The van der Waals surface area contributed by atoms with Gasteiger partial charge in [-0.15, -0.1) is 0 Å². The zero-order valence-electron chi connectivity index (χ0n) is 13.0. The summed E-state index contributed by atoms with van der Waals surface area (Å²) in [7, 11) is 0. The van der Waals surface area contributed by atoms with Crippen LogP contribution in [-0.4, -0.2) is 6.54 Å². The first-order valence-corrected chi connectivity index (χ1v) is 8.38. The van der Waals surface area contributed by atoms with E-state index in [2.05, 4.69) is 49.8 Å². The quantitative estimate of drug-likeness (QED) is 0.781.